The van der Waals surface area contributed by atoms with Gasteiger partial charge in [-0.05, 0) is 47.4 Å². The van der Waals surface area contributed by atoms with E-state index in [2.05, 4.69) is 11.4 Å². The number of carbonyl (C=O) groups excluding carboxylic acids is 1. The summed E-state index contributed by atoms with van der Waals surface area (Å²) in [5, 5.41) is 4.13. The zero-order valence-electron chi connectivity index (χ0n) is 12.1. The first-order chi connectivity index (χ1) is 10.7. The Bertz CT molecular complexity index is 722. The van der Waals surface area contributed by atoms with E-state index in [9.17, 15) is 4.79 Å². The third-order valence-corrected chi connectivity index (χ3v) is 4.19. The van der Waals surface area contributed by atoms with Crippen LogP contribution in [0, 0.1) is 0 Å². The second-order valence-corrected chi connectivity index (χ2v) is 5.85. The maximum absolute atomic E-state index is 11.2. The number of nitrogens with one attached hydrogen (secondary N) is 1. The molecular weight excluding hydrogens is 296 g/mol. The molecule has 1 aliphatic rings. The Balaban J connectivity index is 1.75. The normalized spacial score (nSPS) is 16.6. The van der Waals surface area contributed by atoms with Crippen LogP contribution in [0.25, 0.3) is 0 Å². The average molecular weight is 313 g/mol. The number of rotatable bonds is 4. The van der Waals surface area contributed by atoms with Crippen LogP contribution in [0.15, 0.2) is 54.2 Å². The topological polar surface area (TPSA) is 55.1 Å². The van der Waals surface area contributed by atoms with Gasteiger partial charge in [-0.2, -0.15) is 0 Å². The molecule has 0 aromatic heterocycles. The van der Waals surface area contributed by atoms with Gasteiger partial charge in [-0.15, -0.1) is 0 Å². The van der Waals surface area contributed by atoms with Gasteiger partial charge in [-0.25, -0.2) is 0 Å². The fourth-order valence-electron chi connectivity index (χ4n) is 2.69. The van der Waals surface area contributed by atoms with Crippen molar-refractivity contribution in [2.24, 2.45) is 5.73 Å². The van der Waals surface area contributed by atoms with Gasteiger partial charge >= 0.3 is 0 Å². The second-order valence-electron chi connectivity index (χ2n) is 5.42. The number of nitrogens with two attached hydrogens (primary N) is 1. The van der Waals surface area contributed by atoms with Crippen LogP contribution in [0.5, 0.6) is 0 Å². The molecule has 1 aliphatic carbocycles. The maximum atomic E-state index is 11.2. The van der Waals surface area contributed by atoms with Crippen molar-refractivity contribution in [2.45, 2.75) is 18.9 Å². The third kappa shape index (κ3) is 3.00. The first kappa shape index (κ1) is 14.7. The Morgan fingerprint density at radius 3 is 2.73 bits per heavy atom. The van der Waals surface area contributed by atoms with Crippen LogP contribution in [-0.4, -0.2) is 6.29 Å². The van der Waals surface area contributed by atoms with Crippen molar-refractivity contribution >= 4 is 23.6 Å². The Kier molecular flexibility index (Phi) is 4.16. The highest BCUT2D eigenvalue weighted by Gasteiger charge is 2.20. The molecule has 0 unspecified atom stereocenters. The van der Waals surface area contributed by atoms with Crippen molar-refractivity contribution in [3.63, 3.8) is 0 Å². The lowest BCUT2D eigenvalue weighted by Crippen LogP contribution is -2.17. The maximum Gasteiger partial charge on any atom is 0.133 e. The molecule has 2 aromatic rings. The van der Waals surface area contributed by atoms with Crippen LogP contribution >= 0.6 is 11.6 Å². The van der Waals surface area contributed by atoms with Gasteiger partial charge in [0.15, 0.2) is 0 Å². The van der Waals surface area contributed by atoms with Crippen molar-refractivity contribution in [1.29, 1.82) is 0 Å². The van der Waals surface area contributed by atoms with Crippen LogP contribution in [0.2, 0.25) is 5.02 Å². The monoisotopic (exact) mass is 312 g/mol. The van der Waals surface area contributed by atoms with Gasteiger partial charge in [0.05, 0.1) is 5.92 Å². The van der Waals surface area contributed by atoms with Crippen molar-refractivity contribution in [1.82, 2.24) is 0 Å². The molecule has 0 saturated carbocycles. The minimum Gasteiger partial charge on any atom is -0.401 e. The molecule has 22 heavy (non-hydrogen) atoms. The molecule has 112 valence electrons. The molecule has 3 N–H and O–H groups in total. The van der Waals surface area contributed by atoms with E-state index in [0.717, 1.165) is 46.7 Å². The van der Waals surface area contributed by atoms with Gasteiger partial charge < -0.3 is 15.8 Å². The fraction of sp³-hybridized carbons (Fsp3) is 0.167. The molecule has 0 heterocycles. The highest BCUT2D eigenvalue weighted by Crippen LogP contribution is 2.30. The van der Waals surface area contributed by atoms with E-state index >= 15 is 0 Å². The highest BCUT2D eigenvalue weighted by atomic mass is 35.5. The molecule has 1 atom stereocenters. The van der Waals surface area contributed by atoms with E-state index in [0.29, 0.717) is 5.70 Å². The molecule has 0 aliphatic heterocycles. The van der Waals surface area contributed by atoms with Crippen LogP contribution in [-0.2, 0) is 17.8 Å². The summed E-state index contributed by atoms with van der Waals surface area (Å²) in [6.07, 6.45) is 3.59. The number of aldehydes is 1. The molecule has 0 amide bonds. The highest BCUT2D eigenvalue weighted by molar-refractivity contribution is 6.30. The molecule has 3 nitrogen and oxygen atoms in total. The molecule has 0 fully saturated rings. The zero-order chi connectivity index (χ0) is 15.5. The number of hydrogen-bond acceptors (Lipinski definition) is 3. The molecule has 3 rings (SSSR count). The van der Waals surface area contributed by atoms with E-state index in [4.69, 9.17) is 17.3 Å². The standard InChI is InChI=1S/C18H17ClN2O/c19-14-4-1-12(2-5-14)10-21-15-6-7-16-13(9-15)3-8-18(20)17(16)11-22/h1-2,4-9,11,17,21H,3,10,20H2/t17-/m0/s1. The SMILES string of the molecule is NC1=CCc2cc(NCc3ccc(Cl)cc3)ccc2[C@@H]1C=O. The van der Waals surface area contributed by atoms with Gasteiger partial charge in [0, 0.05) is 23.0 Å². The first-order valence-electron chi connectivity index (χ1n) is 7.19. The number of hydrogen-bond donors (Lipinski definition) is 2. The molecule has 0 saturated heterocycles. The molecule has 0 spiro atoms. The van der Waals surface area contributed by atoms with Crippen LogP contribution in [0.3, 0.4) is 0 Å². The molecule has 0 radical (unpaired) electrons. The van der Waals surface area contributed by atoms with E-state index in [-0.39, 0.29) is 5.92 Å². The number of carbonyl (C=O) groups is 1. The number of halogens is 1. The second kappa shape index (κ2) is 6.24. The summed E-state index contributed by atoms with van der Waals surface area (Å²) in [4.78, 5) is 11.2. The van der Waals surface area contributed by atoms with E-state index in [1.807, 2.05) is 42.5 Å². The van der Waals surface area contributed by atoms with Crippen LogP contribution < -0.4 is 11.1 Å². The molecule has 2 aromatic carbocycles. The van der Waals surface area contributed by atoms with Gasteiger partial charge in [-0.1, -0.05) is 35.9 Å². The quantitative estimate of drug-likeness (QED) is 0.848. The van der Waals surface area contributed by atoms with Gasteiger partial charge in [0.25, 0.3) is 0 Å². The average Bonchev–Trinajstić information content (AvgIpc) is 2.54. The first-order valence-corrected chi connectivity index (χ1v) is 7.57. The number of benzene rings is 2. The van der Waals surface area contributed by atoms with Crippen LogP contribution in [0.1, 0.15) is 22.6 Å². The summed E-state index contributed by atoms with van der Waals surface area (Å²) in [5.41, 5.74) is 10.9. The summed E-state index contributed by atoms with van der Waals surface area (Å²) in [6, 6.07) is 13.8. The lowest BCUT2D eigenvalue weighted by Gasteiger charge is -2.21. The Morgan fingerprint density at radius 2 is 2.00 bits per heavy atom. The van der Waals surface area contributed by atoms with E-state index < -0.39 is 0 Å². The lowest BCUT2D eigenvalue weighted by molar-refractivity contribution is -0.108. The lowest BCUT2D eigenvalue weighted by atomic mass is 9.86. The van der Waals surface area contributed by atoms with Crippen molar-refractivity contribution in [3.05, 3.63) is 76.0 Å². The molecule has 4 heteroatoms. The van der Waals surface area contributed by atoms with Gasteiger partial charge in [-0.3, -0.25) is 0 Å². The molecule has 0 bridgehead atoms. The largest absolute Gasteiger partial charge is 0.401 e. The Morgan fingerprint density at radius 1 is 1.23 bits per heavy atom. The molecular formula is C18H17ClN2O. The van der Waals surface area contributed by atoms with Gasteiger partial charge in [0.1, 0.15) is 6.29 Å². The summed E-state index contributed by atoms with van der Waals surface area (Å²) in [7, 11) is 0. The number of anilines is 1. The summed E-state index contributed by atoms with van der Waals surface area (Å²) in [6.45, 7) is 0.727. The van der Waals surface area contributed by atoms with Crippen molar-refractivity contribution in [2.75, 3.05) is 5.32 Å². The Hall–Kier alpha value is -2.26. The van der Waals surface area contributed by atoms with E-state index in [1.54, 1.807) is 0 Å². The smallest absolute Gasteiger partial charge is 0.133 e. The predicted molar refractivity (Wildman–Crippen MR) is 90.0 cm³/mol. The summed E-state index contributed by atoms with van der Waals surface area (Å²) in [5.74, 6) is -0.311. The van der Waals surface area contributed by atoms with Crippen molar-refractivity contribution < 1.29 is 4.79 Å². The minimum atomic E-state index is -0.311. The minimum absolute atomic E-state index is 0.311. The van der Waals surface area contributed by atoms with Crippen LogP contribution in [0.4, 0.5) is 5.69 Å². The summed E-state index contributed by atoms with van der Waals surface area (Å²) < 4.78 is 0. The van der Waals surface area contributed by atoms with E-state index in [1.165, 1.54) is 0 Å². The Labute approximate surface area is 134 Å². The summed E-state index contributed by atoms with van der Waals surface area (Å²) >= 11 is 5.88. The van der Waals surface area contributed by atoms with Crippen molar-refractivity contribution in [3.8, 4) is 0 Å². The number of allylic oxidation sites excluding steroid dienone is 2. The predicted octanol–water partition coefficient (Wildman–Crippen LogP) is 3.63. The third-order valence-electron chi connectivity index (χ3n) is 3.94. The van der Waals surface area contributed by atoms with Gasteiger partial charge in [0.2, 0.25) is 0 Å². The zero-order valence-corrected chi connectivity index (χ0v) is 12.8. The number of fused-ring (bicyclic) bond motifs is 1. The fourth-order valence-corrected chi connectivity index (χ4v) is 2.81.